The van der Waals surface area contributed by atoms with E-state index in [1.54, 1.807) is 11.3 Å². The van der Waals surface area contributed by atoms with Crippen molar-refractivity contribution in [3.05, 3.63) is 28.9 Å². The van der Waals surface area contributed by atoms with Gasteiger partial charge >= 0.3 is 0 Å². The summed E-state index contributed by atoms with van der Waals surface area (Å²) in [6.45, 7) is 2.10. The van der Waals surface area contributed by atoms with Gasteiger partial charge in [-0.05, 0) is 25.5 Å². The van der Waals surface area contributed by atoms with E-state index >= 15 is 0 Å². The minimum atomic E-state index is 1.31. The topological polar surface area (TPSA) is 3.24 Å². The highest BCUT2D eigenvalue weighted by Crippen LogP contribution is 2.10. The van der Waals surface area contributed by atoms with Crippen molar-refractivity contribution in [2.45, 2.75) is 0 Å². The Morgan fingerprint density at radius 3 is 2.78 bits per heavy atom. The number of hydrogen-bond acceptors (Lipinski definition) is 2. The highest BCUT2D eigenvalue weighted by Gasteiger charge is 1.93. The van der Waals surface area contributed by atoms with Crippen LogP contribution >= 0.6 is 11.3 Å². The van der Waals surface area contributed by atoms with E-state index in [9.17, 15) is 0 Å². The zero-order valence-corrected chi connectivity index (χ0v) is 6.48. The van der Waals surface area contributed by atoms with Gasteiger partial charge < -0.3 is 0 Å². The summed E-state index contributed by atoms with van der Waals surface area (Å²) < 4.78 is 0. The van der Waals surface area contributed by atoms with Crippen LogP contribution in [0.1, 0.15) is 4.88 Å². The van der Waals surface area contributed by atoms with Gasteiger partial charge in [0.15, 0.2) is 0 Å². The Kier molecular flexibility index (Phi) is 2.25. The molecule has 2 heteroatoms. The lowest BCUT2D eigenvalue weighted by atomic mass is 10.4. The first-order chi connectivity index (χ1) is 4.29. The molecular weight excluding hydrogens is 130 g/mol. The average Bonchev–Trinajstić information content (AvgIpc) is 2.15. The number of thiophene rings is 1. The molecule has 0 saturated heterocycles. The molecular formula is C7H10NS. The summed E-state index contributed by atoms with van der Waals surface area (Å²) in [6.07, 6.45) is 0. The molecule has 1 radical (unpaired) electrons. The first-order valence-corrected chi connectivity index (χ1v) is 3.72. The van der Waals surface area contributed by atoms with E-state index in [0.29, 0.717) is 0 Å². The summed E-state index contributed by atoms with van der Waals surface area (Å²) in [5.41, 5.74) is 0. The molecule has 0 bridgehead atoms. The van der Waals surface area contributed by atoms with Crippen LogP contribution in [0.25, 0.3) is 0 Å². The maximum Gasteiger partial charge on any atom is 0.0643 e. The standard InChI is InChI=1S/C7H10NS/c1-8(2)6-7-4-3-5-9-7/h3-6H,1-2H3. The molecule has 1 nitrogen and oxygen atoms in total. The summed E-state index contributed by atoms with van der Waals surface area (Å²) in [6, 6.07) is 4.16. The highest BCUT2D eigenvalue weighted by molar-refractivity contribution is 7.10. The van der Waals surface area contributed by atoms with Gasteiger partial charge in [-0.3, -0.25) is 4.90 Å². The highest BCUT2D eigenvalue weighted by atomic mass is 32.1. The molecule has 0 aliphatic heterocycles. The number of rotatable bonds is 2. The van der Waals surface area contributed by atoms with Gasteiger partial charge in [0, 0.05) is 4.88 Å². The summed E-state index contributed by atoms with van der Waals surface area (Å²) in [7, 11) is 4.06. The first kappa shape index (κ1) is 6.78. The monoisotopic (exact) mass is 140 g/mol. The van der Waals surface area contributed by atoms with Crippen LogP contribution in [0.2, 0.25) is 0 Å². The second-order valence-electron chi connectivity index (χ2n) is 2.11. The van der Waals surface area contributed by atoms with Gasteiger partial charge in [0.1, 0.15) is 0 Å². The first-order valence-electron chi connectivity index (χ1n) is 2.84. The molecule has 1 heterocycles. The molecule has 0 aliphatic rings. The predicted octanol–water partition coefficient (Wildman–Crippen LogP) is 1.82. The third kappa shape index (κ3) is 2.16. The van der Waals surface area contributed by atoms with Crippen molar-refractivity contribution in [1.82, 2.24) is 4.90 Å². The molecule has 0 aliphatic carbocycles. The summed E-state index contributed by atoms with van der Waals surface area (Å²) >= 11 is 1.75. The lowest BCUT2D eigenvalue weighted by Gasteiger charge is -2.04. The number of nitrogens with zero attached hydrogens (tertiary/aromatic N) is 1. The second-order valence-corrected chi connectivity index (χ2v) is 3.09. The van der Waals surface area contributed by atoms with Crippen molar-refractivity contribution in [3.63, 3.8) is 0 Å². The molecule has 0 fully saturated rings. The Labute approximate surface area is 59.9 Å². The zero-order valence-electron chi connectivity index (χ0n) is 5.66. The van der Waals surface area contributed by atoms with Crippen LogP contribution in [0.4, 0.5) is 0 Å². The Morgan fingerprint density at radius 1 is 1.56 bits per heavy atom. The maximum atomic E-state index is 2.10. The van der Waals surface area contributed by atoms with Crippen LogP contribution < -0.4 is 0 Å². The summed E-state index contributed by atoms with van der Waals surface area (Å²) in [4.78, 5) is 3.35. The molecule has 0 atom stereocenters. The van der Waals surface area contributed by atoms with Crippen molar-refractivity contribution < 1.29 is 0 Å². The van der Waals surface area contributed by atoms with E-state index < -0.39 is 0 Å². The van der Waals surface area contributed by atoms with Crippen molar-refractivity contribution in [3.8, 4) is 0 Å². The smallest absolute Gasteiger partial charge is 0.0643 e. The van der Waals surface area contributed by atoms with E-state index in [-0.39, 0.29) is 0 Å². The van der Waals surface area contributed by atoms with Crippen LogP contribution in [0, 0.1) is 6.54 Å². The Bertz CT molecular complexity index is 155. The SMILES string of the molecule is CN(C)[CH]c1cccs1. The Hall–Kier alpha value is -0.340. The van der Waals surface area contributed by atoms with Gasteiger partial charge in [0.25, 0.3) is 0 Å². The molecule has 0 unspecified atom stereocenters. The third-order valence-electron chi connectivity index (χ3n) is 0.929. The zero-order chi connectivity index (χ0) is 6.69. The molecule has 0 N–H and O–H groups in total. The minimum absolute atomic E-state index is 1.31. The van der Waals surface area contributed by atoms with Crippen LogP contribution in [-0.2, 0) is 0 Å². The van der Waals surface area contributed by atoms with Crippen molar-refractivity contribution in [1.29, 1.82) is 0 Å². The van der Waals surface area contributed by atoms with E-state index in [2.05, 4.69) is 24.1 Å². The molecule has 1 rings (SSSR count). The Balaban J connectivity index is 2.48. The molecule has 0 amide bonds. The fourth-order valence-corrected chi connectivity index (χ4v) is 1.36. The summed E-state index contributed by atoms with van der Waals surface area (Å²) in [5, 5.41) is 2.08. The predicted molar refractivity (Wildman–Crippen MR) is 41.4 cm³/mol. The van der Waals surface area contributed by atoms with Crippen molar-refractivity contribution in [2.24, 2.45) is 0 Å². The van der Waals surface area contributed by atoms with Gasteiger partial charge in [0.2, 0.25) is 0 Å². The fraction of sp³-hybridized carbons (Fsp3) is 0.286. The number of hydrogen-bond donors (Lipinski definition) is 0. The average molecular weight is 140 g/mol. The maximum absolute atomic E-state index is 2.10. The minimum Gasteiger partial charge on any atom is -0.300 e. The molecule has 1 aromatic heterocycles. The lowest BCUT2D eigenvalue weighted by Crippen LogP contribution is -2.06. The van der Waals surface area contributed by atoms with Crippen molar-refractivity contribution >= 4 is 11.3 Å². The van der Waals surface area contributed by atoms with Crippen LogP contribution in [0.5, 0.6) is 0 Å². The van der Waals surface area contributed by atoms with Crippen LogP contribution in [0.3, 0.4) is 0 Å². The van der Waals surface area contributed by atoms with Crippen LogP contribution in [-0.4, -0.2) is 19.0 Å². The van der Waals surface area contributed by atoms with Gasteiger partial charge in [-0.1, -0.05) is 6.07 Å². The molecule has 0 aromatic carbocycles. The molecule has 9 heavy (non-hydrogen) atoms. The third-order valence-corrected chi connectivity index (χ3v) is 1.74. The van der Waals surface area contributed by atoms with E-state index in [0.717, 1.165) is 0 Å². The van der Waals surface area contributed by atoms with Crippen LogP contribution in [0.15, 0.2) is 17.5 Å². The molecule has 0 saturated carbocycles. The largest absolute Gasteiger partial charge is 0.300 e. The van der Waals surface area contributed by atoms with Crippen molar-refractivity contribution in [2.75, 3.05) is 14.1 Å². The van der Waals surface area contributed by atoms with Gasteiger partial charge in [-0.25, -0.2) is 0 Å². The Morgan fingerprint density at radius 2 is 2.33 bits per heavy atom. The van der Waals surface area contributed by atoms with E-state index in [1.165, 1.54) is 4.88 Å². The van der Waals surface area contributed by atoms with E-state index in [1.807, 2.05) is 19.0 Å². The molecule has 49 valence electrons. The normalized spacial score (nSPS) is 10.6. The lowest BCUT2D eigenvalue weighted by molar-refractivity contribution is 0.518. The second kappa shape index (κ2) is 2.99. The fourth-order valence-electron chi connectivity index (χ4n) is 0.619. The van der Waals surface area contributed by atoms with Gasteiger partial charge in [-0.15, -0.1) is 11.3 Å². The van der Waals surface area contributed by atoms with Gasteiger partial charge in [-0.2, -0.15) is 0 Å². The quantitative estimate of drug-likeness (QED) is 0.605. The van der Waals surface area contributed by atoms with E-state index in [4.69, 9.17) is 0 Å². The molecule has 1 aromatic rings. The summed E-state index contributed by atoms with van der Waals surface area (Å²) in [5.74, 6) is 0. The van der Waals surface area contributed by atoms with Gasteiger partial charge in [0.05, 0.1) is 6.54 Å². The molecule has 0 spiro atoms.